The largest absolute Gasteiger partial charge is 0.491 e. The van der Waals surface area contributed by atoms with Crippen LogP contribution in [0.5, 0.6) is 5.75 Å². The fourth-order valence-electron chi connectivity index (χ4n) is 2.59. The van der Waals surface area contributed by atoms with E-state index in [-0.39, 0.29) is 18.9 Å². The molecule has 2 aromatic carbocycles. The van der Waals surface area contributed by atoms with Crippen LogP contribution >= 0.6 is 0 Å². The monoisotopic (exact) mass is 395 g/mol. The Kier molecular flexibility index (Phi) is 6.30. The van der Waals surface area contributed by atoms with Crippen LogP contribution in [0.2, 0.25) is 0 Å². The van der Waals surface area contributed by atoms with Crippen LogP contribution in [0.25, 0.3) is 11.4 Å². The number of amides is 1. The number of ether oxygens (including phenoxy) is 1. The van der Waals surface area contributed by atoms with E-state index in [1.807, 2.05) is 6.92 Å². The number of aromatic nitrogens is 4. The van der Waals surface area contributed by atoms with E-state index in [0.717, 1.165) is 0 Å². The molecule has 1 amide bonds. The van der Waals surface area contributed by atoms with E-state index in [4.69, 9.17) is 10.5 Å². The molecule has 0 aliphatic carbocycles. The standard InChI is InChI=1S/C20H21N5O4/c1-2-18(27)13-7-9-17(10-8-13)29-12-16(26)11-25-23-20(22-24-25)15-5-3-14(4-6-15)19(21)28/h3-10,16,26H,2,11-12H2,1H3,(H2,21,28)/t16-/m0/s1. The predicted octanol–water partition coefficient (Wildman–Crippen LogP) is 1.47. The Morgan fingerprint density at radius 3 is 2.38 bits per heavy atom. The molecule has 0 aliphatic rings. The number of Topliss-reactive ketones (excluding diaryl/α,β-unsaturated/α-hetero) is 1. The average molecular weight is 395 g/mol. The minimum Gasteiger partial charge on any atom is -0.491 e. The number of carbonyl (C=O) groups excluding carboxylic acids is 2. The fourth-order valence-corrected chi connectivity index (χ4v) is 2.59. The molecule has 0 spiro atoms. The van der Waals surface area contributed by atoms with Gasteiger partial charge in [-0.05, 0) is 41.6 Å². The number of carbonyl (C=O) groups is 2. The zero-order valence-electron chi connectivity index (χ0n) is 15.9. The normalized spacial score (nSPS) is 11.8. The van der Waals surface area contributed by atoms with Crippen molar-refractivity contribution in [2.45, 2.75) is 26.0 Å². The number of aliphatic hydroxyl groups excluding tert-OH is 1. The number of rotatable bonds is 9. The Morgan fingerprint density at radius 2 is 1.76 bits per heavy atom. The van der Waals surface area contributed by atoms with Crippen molar-refractivity contribution < 1.29 is 19.4 Å². The summed E-state index contributed by atoms with van der Waals surface area (Å²) >= 11 is 0. The van der Waals surface area contributed by atoms with Gasteiger partial charge in [0.15, 0.2) is 5.78 Å². The van der Waals surface area contributed by atoms with Crippen LogP contribution in [0.1, 0.15) is 34.1 Å². The van der Waals surface area contributed by atoms with Crippen molar-refractivity contribution >= 4 is 11.7 Å². The van der Waals surface area contributed by atoms with Crippen molar-refractivity contribution in [3.05, 3.63) is 59.7 Å². The third-order valence-corrected chi connectivity index (χ3v) is 4.19. The molecule has 0 saturated carbocycles. The highest BCUT2D eigenvalue weighted by atomic mass is 16.5. The topological polar surface area (TPSA) is 133 Å². The molecule has 1 atom stereocenters. The van der Waals surface area contributed by atoms with Crippen LogP contribution in [-0.4, -0.2) is 49.7 Å². The molecule has 0 radical (unpaired) electrons. The molecule has 150 valence electrons. The number of nitrogens with two attached hydrogens (primary N) is 1. The van der Waals surface area contributed by atoms with E-state index in [9.17, 15) is 14.7 Å². The van der Waals surface area contributed by atoms with Crippen molar-refractivity contribution in [1.29, 1.82) is 0 Å². The number of aliphatic hydroxyl groups is 1. The third kappa shape index (κ3) is 5.23. The lowest BCUT2D eigenvalue weighted by molar-refractivity contribution is 0.0849. The molecule has 9 nitrogen and oxygen atoms in total. The summed E-state index contributed by atoms with van der Waals surface area (Å²) in [6.07, 6.45) is -0.410. The zero-order chi connectivity index (χ0) is 20.8. The van der Waals surface area contributed by atoms with Gasteiger partial charge in [0.1, 0.15) is 18.5 Å². The number of hydrogen-bond acceptors (Lipinski definition) is 7. The Morgan fingerprint density at radius 1 is 1.10 bits per heavy atom. The Bertz CT molecular complexity index is 983. The van der Waals surface area contributed by atoms with Crippen molar-refractivity contribution in [1.82, 2.24) is 20.2 Å². The summed E-state index contributed by atoms with van der Waals surface area (Å²) in [7, 11) is 0. The van der Waals surface area contributed by atoms with Gasteiger partial charge in [0.05, 0.1) is 6.54 Å². The maximum Gasteiger partial charge on any atom is 0.248 e. The lowest BCUT2D eigenvalue weighted by Gasteiger charge is -2.11. The Balaban J connectivity index is 1.54. The first kappa shape index (κ1) is 20.2. The molecule has 3 aromatic rings. The third-order valence-electron chi connectivity index (χ3n) is 4.19. The van der Waals surface area contributed by atoms with Crippen LogP contribution < -0.4 is 10.5 Å². The second-order valence-corrected chi connectivity index (χ2v) is 6.38. The molecular formula is C20H21N5O4. The van der Waals surface area contributed by atoms with Crippen molar-refractivity contribution in [2.24, 2.45) is 5.73 Å². The van der Waals surface area contributed by atoms with E-state index < -0.39 is 12.0 Å². The molecule has 0 unspecified atom stereocenters. The molecule has 3 N–H and O–H groups in total. The quantitative estimate of drug-likeness (QED) is 0.524. The number of benzene rings is 2. The summed E-state index contributed by atoms with van der Waals surface area (Å²) in [5, 5.41) is 22.2. The van der Waals surface area contributed by atoms with Gasteiger partial charge in [0.25, 0.3) is 0 Å². The second kappa shape index (κ2) is 9.07. The van der Waals surface area contributed by atoms with Gasteiger partial charge in [0, 0.05) is 23.1 Å². The number of ketones is 1. The summed E-state index contributed by atoms with van der Waals surface area (Å²) in [4.78, 5) is 24.0. The molecule has 9 heteroatoms. The van der Waals surface area contributed by atoms with Gasteiger partial charge in [0.2, 0.25) is 11.7 Å². The SMILES string of the molecule is CCC(=O)c1ccc(OC[C@@H](O)Cn2nnc(-c3ccc(C(N)=O)cc3)n2)cc1. The van der Waals surface area contributed by atoms with Crippen molar-refractivity contribution in [2.75, 3.05) is 6.61 Å². The summed E-state index contributed by atoms with van der Waals surface area (Å²) in [5.41, 5.74) is 6.91. The van der Waals surface area contributed by atoms with Gasteiger partial charge in [-0.3, -0.25) is 9.59 Å². The van der Waals surface area contributed by atoms with Gasteiger partial charge in [-0.25, -0.2) is 0 Å². The molecule has 0 aliphatic heterocycles. The second-order valence-electron chi connectivity index (χ2n) is 6.38. The maximum atomic E-state index is 11.6. The van der Waals surface area contributed by atoms with Gasteiger partial charge in [-0.1, -0.05) is 19.1 Å². The van der Waals surface area contributed by atoms with Crippen LogP contribution in [0, 0.1) is 0 Å². The van der Waals surface area contributed by atoms with Gasteiger partial charge >= 0.3 is 0 Å². The van der Waals surface area contributed by atoms with Gasteiger partial charge in [-0.2, -0.15) is 4.80 Å². The number of nitrogens with zero attached hydrogens (tertiary/aromatic N) is 4. The van der Waals surface area contributed by atoms with Crippen LogP contribution in [0.3, 0.4) is 0 Å². The van der Waals surface area contributed by atoms with E-state index in [0.29, 0.717) is 34.7 Å². The van der Waals surface area contributed by atoms with Crippen molar-refractivity contribution in [3.63, 3.8) is 0 Å². The first-order chi connectivity index (χ1) is 14.0. The molecule has 0 saturated heterocycles. The number of primary amides is 1. The molecule has 29 heavy (non-hydrogen) atoms. The summed E-state index contributed by atoms with van der Waals surface area (Å²) in [5.74, 6) is 0.473. The predicted molar refractivity (Wildman–Crippen MR) is 104 cm³/mol. The van der Waals surface area contributed by atoms with Crippen LogP contribution in [0.4, 0.5) is 0 Å². The highest BCUT2D eigenvalue weighted by Crippen LogP contribution is 2.15. The molecular weight excluding hydrogens is 374 g/mol. The van der Waals surface area contributed by atoms with Crippen LogP contribution in [0.15, 0.2) is 48.5 Å². The van der Waals surface area contributed by atoms with E-state index in [2.05, 4.69) is 15.4 Å². The minimum absolute atomic E-state index is 0.0330. The maximum absolute atomic E-state index is 11.6. The van der Waals surface area contributed by atoms with Crippen LogP contribution in [-0.2, 0) is 6.54 Å². The van der Waals surface area contributed by atoms with E-state index in [1.54, 1.807) is 48.5 Å². The molecule has 0 bridgehead atoms. The molecule has 0 fully saturated rings. The minimum atomic E-state index is -0.855. The lowest BCUT2D eigenvalue weighted by Crippen LogP contribution is -2.25. The molecule has 3 rings (SSSR count). The lowest BCUT2D eigenvalue weighted by atomic mass is 10.1. The average Bonchev–Trinajstić information content (AvgIpc) is 3.20. The Labute approximate surface area is 167 Å². The van der Waals surface area contributed by atoms with E-state index in [1.165, 1.54) is 4.80 Å². The summed E-state index contributed by atoms with van der Waals surface area (Å²) in [6, 6.07) is 13.3. The zero-order valence-corrected chi connectivity index (χ0v) is 15.9. The molecule has 1 aromatic heterocycles. The summed E-state index contributed by atoms with van der Waals surface area (Å²) < 4.78 is 5.54. The number of tetrazole rings is 1. The smallest absolute Gasteiger partial charge is 0.248 e. The Hall–Kier alpha value is -3.59. The fraction of sp³-hybridized carbons (Fsp3) is 0.250. The van der Waals surface area contributed by atoms with Gasteiger partial charge < -0.3 is 15.6 Å². The van der Waals surface area contributed by atoms with Crippen molar-refractivity contribution in [3.8, 4) is 17.1 Å². The van der Waals surface area contributed by atoms with E-state index >= 15 is 0 Å². The first-order valence-electron chi connectivity index (χ1n) is 9.08. The first-order valence-corrected chi connectivity index (χ1v) is 9.08. The van der Waals surface area contributed by atoms with Gasteiger partial charge in [-0.15, -0.1) is 10.2 Å². The number of hydrogen-bond donors (Lipinski definition) is 2. The highest BCUT2D eigenvalue weighted by molar-refractivity contribution is 5.95. The highest BCUT2D eigenvalue weighted by Gasteiger charge is 2.12. The molecule has 1 heterocycles. The summed E-state index contributed by atoms with van der Waals surface area (Å²) in [6.45, 7) is 1.94.